The fourth-order valence-corrected chi connectivity index (χ4v) is 4.34. The normalized spacial score (nSPS) is 22.3. The van der Waals surface area contributed by atoms with Crippen LogP contribution >= 0.6 is 0 Å². The molecule has 0 bridgehead atoms. The number of anilines is 2. The van der Waals surface area contributed by atoms with Gasteiger partial charge in [0, 0.05) is 43.4 Å². The van der Waals surface area contributed by atoms with Crippen molar-refractivity contribution in [1.82, 2.24) is 4.90 Å². The summed E-state index contributed by atoms with van der Waals surface area (Å²) in [7, 11) is 0. The largest absolute Gasteiger partial charge is 0.335 e. The predicted octanol–water partition coefficient (Wildman–Crippen LogP) is 3.40. The number of carbonyl (C=O) groups is 3. The van der Waals surface area contributed by atoms with Gasteiger partial charge in [-0.05, 0) is 49.8 Å². The first kappa shape index (κ1) is 18.4. The third-order valence-electron chi connectivity index (χ3n) is 5.32. The highest BCUT2D eigenvalue weighted by molar-refractivity contribution is 6.00. The van der Waals surface area contributed by atoms with Gasteiger partial charge in [-0.25, -0.2) is 0 Å². The second-order valence-corrected chi connectivity index (χ2v) is 7.41. The van der Waals surface area contributed by atoms with Crippen LogP contribution in [-0.2, 0) is 9.59 Å². The Labute approximate surface area is 154 Å². The van der Waals surface area contributed by atoms with Crippen molar-refractivity contribution in [3.05, 3.63) is 23.8 Å². The summed E-state index contributed by atoms with van der Waals surface area (Å²) in [5.74, 6) is 0.164. The highest BCUT2D eigenvalue weighted by atomic mass is 16.2. The molecule has 1 saturated heterocycles. The van der Waals surface area contributed by atoms with E-state index in [9.17, 15) is 14.4 Å². The average Bonchev–Trinajstić information content (AvgIpc) is 2.59. The topological polar surface area (TPSA) is 78.5 Å². The first-order valence-corrected chi connectivity index (χ1v) is 9.45. The molecule has 1 heterocycles. The molecule has 0 aromatic heterocycles. The van der Waals surface area contributed by atoms with Gasteiger partial charge < -0.3 is 15.5 Å². The maximum atomic E-state index is 13.2. The van der Waals surface area contributed by atoms with E-state index in [0.29, 0.717) is 28.9 Å². The van der Waals surface area contributed by atoms with Crippen molar-refractivity contribution in [3.63, 3.8) is 0 Å². The van der Waals surface area contributed by atoms with Crippen molar-refractivity contribution in [3.8, 4) is 0 Å². The Hall–Kier alpha value is -2.37. The summed E-state index contributed by atoms with van der Waals surface area (Å²) in [6, 6.07) is 5.38. The van der Waals surface area contributed by atoms with E-state index in [1.54, 1.807) is 18.2 Å². The lowest BCUT2D eigenvalue weighted by Gasteiger charge is -2.44. The summed E-state index contributed by atoms with van der Waals surface area (Å²) in [5, 5.41) is 5.42. The van der Waals surface area contributed by atoms with Crippen LogP contribution in [0.25, 0.3) is 0 Å². The van der Waals surface area contributed by atoms with Crippen LogP contribution in [0.15, 0.2) is 18.2 Å². The Morgan fingerprint density at radius 3 is 2.08 bits per heavy atom. The summed E-state index contributed by atoms with van der Waals surface area (Å²) in [6.45, 7) is 3.62. The summed E-state index contributed by atoms with van der Waals surface area (Å²) < 4.78 is 0. The zero-order chi connectivity index (χ0) is 18.7. The first-order valence-electron chi connectivity index (χ1n) is 9.45. The number of rotatable bonds is 3. The maximum Gasteiger partial charge on any atom is 0.254 e. The number of nitrogens with one attached hydrogen (secondary N) is 2. The molecule has 0 spiro atoms. The molecule has 1 aromatic rings. The summed E-state index contributed by atoms with van der Waals surface area (Å²) in [4.78, 5) is 38.1. The van der Waals surface area contributed by atoms with Crippen LogP contribution in [0.5, 0.6) is 0 Å². The molecule has 2 aliphatic rings. The van der Waals surface area contributed by atoms with E-state index in [1.165, 1.54) is 39.5 Å². The highest BCUT2D eigenvalue weighted by Gasteiger charge is 2.36. The molecule has 1 aliphatic carbocycles. The maximum absolute atomic E-state index is 13.2. The third-order valence-corrected chi connectivity index (χ3v) is 5.32. The van der Waals surface area contributed by atoms with E-state index in [-0.39, 0.29) is 17.7 Å². The van der Waals surface area contributed by atoms with Gasteiger partial charge >= 0.3 is 0 Å². The predicted molar refractivity (Wildman–Crippen MR) is 101 cm³/mol. The molecule has 1 aromatic carbocycles. The Bertz CT molecular complexity index is 680. The molecule has 0 radical (unpaired) electrons. The van der Waals surface area contributed by atoms with Gasteiger partial charge in [0.25, 0.3) is 5.91 Å². The Balaban J connectivity index is 1.89. The Morgan fingerprint density at radius 1 is 0.885 bits per heavy atom. The van der Waals surface area contributed by atoms with Crippen LogP contribution in [0.2, 0.25) is 0 Å². The zero-order valence-electron chi connectivity index (χ0n) is 15.5. The van der Waals surface area contributed by atoms with E-state index in [0.717, 1.165) is 19.4 Å². The molecule has 2 atom stereocenters. The van der Waals surface area contributed by atoms with Crippen molar-refractivity contribution >= 4 is 29.1 Å². The van der Waals surface area contributed by atoms with Crippen LogP contribution in [0.1, 0.15) is 62.7 Å². The van der Waals surface area contributed by atoms with Gasteiger partial charge in [0.2, 0.25) is 11.8 Å². The molecule has 140 valence electrons. The molecule has 26 heavy (non-hydrogen) atoms. The lowest BCUT2D eigenvalue weighted by molar-refractivity contribution is -0.115. The SMILES string of the molecule is CC(=O)Nc1cc(NC(C)=O)cc(C(=O)N2CCC[C@H]3CCCC[C@@H]32)c1. The number of piperidine rings is 1. The molecule has 2 fully saturated rings. The van der Waals surface area contributed by atoms with E-state index >= 15 is 0 Å². The monoisotopic (exact) mass is 357 g/mol. The van der Waals surface area contributed by atoms with Crippen molar-refractivity contribution in [2.45, 2.75) is 58.4 Å². The number of hydrogen-bond acceptors (Lipinski definition) is 3. The lowest BCUT2D eigenvalue weighted by Crippen LogP contribution is -2.49. The van der Waals surface area contributed by atoms with E-state index in [2.05, 4.69) is 10.6 Å². The minimum absolute atomic E-state index is 0.0135. The van der Waals surface area contributed by atoms with Gasteiger partial charge in [-0.15, -0.1) is 0 Å². The minimum atomic E-state index is -0.214. The molecular weight excluding hydrogens is 330 g/mol. The fourth-order valence-electron chi connectivity index (χ4n) is 4.34. The van der Waals surface area contributed by atoms with Gasteiger partial charge in [-0.2, -0.15) is 0 Å². The minimum Gasteiger partial charge on any atom is -0.335 e. The number of benzene rings is 1. The van der Waals surface area contributed by atoms with E-state index in [1.807, 2.05) is 4.90 Å². The Kier molecular flexibility index (Phi) is 5.59. The van der Waals surface area contributed by atoms with Crippen LogP contribution in [0.4, 0.5) is 11.4 Å². The lowest BCUT2D eigenvalue weighted by atomic mass is 9.78. The van der Waals surface area contributed by atoms with Crippen LogP contribution in [0, 0.1) is 5.92 Å². The average molecular weight is 357 g/mol. The van der Waals surface area contributed by atoms with Crippen LogP contribution in [0.3, 0.4) is 0 Å². The van der Waals surface area contributed by atoms with Crippen LogP contribution < -0.4 is 10.6 Å². The number of fused-ring (bicyclic) bond motifs is 1. The van der Waals surface area contributed by atoms with Gasteiger partial charge in [0.1, 0.15) is 0 Å². The molecule has 0 unspecified atom stereocenters. The molecule has 1 aliphatic heterocycles. The van der Waals surface area contributed by atoms with Crippen molar-refractivity contribution in [1.29, 1.82) is 0 Å². The number of amides is 3. The molecule has 2 N–H and O–H groups in total. The second kappa shape index (κ2) is 7.89. The second-order valence-electron chi connectivity index (χ2n) is 7.41. The van der Waals surface area contributed by atoms with Gasteiger partial charge in [0.15, 0.2) is 0 Å². The molecule has 3 rings (SSSR count). The number of hydrogen-bond donors (Lipinski definition) is 2. The zero-order valence-corrected chi connectivity index (χ0v) is 15.5. The highest BCUT2D eigenvalue weighted by Crippen LogP contribution is 2.36. The van der Waals surface area contributed by atoms with Crippen LogP contribution in [-0.4, -0.2) is 35.2 Å². The number of likely N-dealkylation sites (tertiary alicyclic amines) is 1. The molecule has 3 amide bonds. The summed E-state index contributed by atoms with van der Waals surface area (Å²) >= 11 is 0. The summed E-state index contributed by atoms with van der Waals surface area (Å²) in [5.41, 5.74) is 1.54. The van der Waals surface area contributed by atoms with E-state index < -0.39 is 0 Å². The first-order chi connectivity index (χ1) is 12.4. The standard InChI is InChI=1S/C20H27N3O3/c1-13(24)21-17-10-16(11-18(12-17)22-14(2)25)20(26)23-9-5-7-15-6-3-4-8-19(15)23/h10-12,15,19H,3-9H2,1-2H3,(H,21,24)(H,22,25)/t15-,19+/m1/s1. The quantitative estimate of drug-likeness (QED) is 0.870. The van der Waals surface area contributed by atoms with Crippen molar-refractivity contribution in [2.75, 3.05) is 17.2 Å². The number of nitrogens with zero attached hydrogens (tertiary/aromatic N) is 1. The smallest absolute Gasteiger partial charge is 0.254 e. The molecular formula is C20H27N3O3. The molecule has 1 saturated carbocycles. The van der Waals surface area contributed by atoms with Gasteiger partial charge in [-0.3, -0.25) is 14.4 Å². The van der Waals surface area contributed by atoms with Crippen molar-refractivity contribution < 1.29 is 14.4 Å². The van der Waals surface area contributed by atoms with E-state index in [4.69, 9.17) is 0 Å². The number of carbonyl (C=O) groups excluding carboxylic acids is 3. The fraction of sp³-hybridized carbons (Fsp3) is 0.550. The van der Waals surface area contributed by atoms with Crippen molar-refractivity contribution in [2.24, 2.45) is 5.92 Å². The summed E-state index contributed by atoms with van der Waals surface area (Å²) in [6.07, 6.45) is 6.95. The Morgan fingerprint density at radius 2 is 1.46 bits per heavy atom. The molecule has 6 heteroatoms. The van der Waals surface area contributed by atoms with Gasteiger partial charge in [-0.1, -0.05) is 12.8 Å². The third kappa shape index (κ3) is 4.23. The van der Waals surface area contributed by atoms with Gasteiger partial charge in [0.05, 0.1) is 0 Å². The molecule has 6 nitrogen and oxygen atoms in total.